The molecular weight excluding hydrogens is 244 g/mol. The molecule has 0 aromatic rings. The Bertz CT molecular complexity index is 371. The second-order valence-corrected chi connectivity index (χ2v) is 6.04. The van der Waals surface area contributed by atoms with Crippen LogP contribution in [0.2, 0.25) is 0 Å². The summed E-state index contributed by atoms with van der Waals surface area (Å²) >= 11 is 0. The summed E-state index contributed by atoms with van der Waals surface area (Å²) in [5.74, 6) is 0. The van der Waals surface area contributed by atoms with E-state index in [1.54, 1.807) is 0 Å². The smallest absolute Gasteiger partial charge is 0.0747 e. The minimum Gasteiger partial charge on any atom is -0.389 e. The van der Waals surface area contributed by atoms with E-state index in [2.05, 4.69) is 46.1 Å². The zero-order valence-electron chi connectivity index (χ0n) is 13.8. The van der Waals surface area contributed by atoms with Gasteiger partial charge in [-0.15, -0.1) is 6.58 Å². The van der Waals surface area contributed by atoms with Gasteiger partial charge in [-0.05, 0) is 66.2 Å². The van der Waals surface area contributed by atoms with Crippen LogP contribution in [0.25, 0.3) is 0 Å². The number of allylic oxidation sites excluding steroid dienone is 5. The molecule has 0 rings (SSSR count). The number of aliphatic hydroxyl groups is 1. The lowest BCUT2D eigenvalue weighted by Crippen LogP contribution is -2.06. The van der Waals surface area contributed by atoms with Gasteiger partial charge >= 0.3 is 0 Å². The fourth-order valence-electron chi connectivity index (χ4n) is 1.93. The lowest BCUT2D eigenvalue weighted by atomic mass is 10.0. The van der Waals surface area contributed by atoms with Gasteiger partial charge in [-0.1, -0.05) is 41.0 Å². The van der Waals surface area contributed by atoms with Crippen molar-refractivity contribution in [2.75, 3.05) is 0 Å². The second kappa shape index (κ2) is 10.7. The lowest BCUT2D eigenvalue weighted by molar-refractivity contribution is 0.201. The van der Waals surface area contributed by atoms with Gasteiger partial charge in [-0.3, -0.25) is 0 Å². The number of aliphatic hydroxyl groups excluding tert-OH is 1. The maximum atomic E-state index is 9.69. The number of hydrogen-bond donors (Lipinski definition) is 1. The van der Waals surface area contributed by atoms with Crippen molar-refractivity contribution in [3.05, 3.63) is 47.6 Å². The summed E-state index contributed by atoms with van der Waals surface area (Å²) < 4.78 is 0. The van der Waals surface area contributed by atoms with E-state index in [0.29, 0.717) is 0 Å². The van der Waals surface area contributed by atoms with Crippen LogP contribution in [0.5, 0.6) is 0 Å². The van der Waals surface area contributed by atoms with E-state index in [1.165, 1.54) is 16.7 Å². The monoisotopic (exact) mass is 276 g/mol. The van der Waals surface area contributed by atoms with E-state index in [1.807, 2.05) is 6.92 Å². The SMILES string of the molecule is C=C(C)CC/C=C(\C)CC/C=C(\C)CCC(O)C(=C)C. The van der Waals surface area contributed by atoms with E-state index in [0.717, 1.165) is 44.1 Å². The summed E-state index contributed by atoms with van der Waals surface area (Å²) in [4.78, 5) is 0. The zero-order chi connectivity index (χ0) is 15.5. The third-order valence-electron chi connectivity index (χ3n) is 3.48. The lowest BCUT2D eigenvalue weighted by Gasteiger charge is -2.09. The van der Waals surface area contributed by atoms with Crippen LogP contribution in [0.4, 0.5) is 0 Å². The molecule has 0 saturated heterocycles. The number of rotatable bonds is 10. The minimum atomic E-state index is -0.359. The summed E-state index contributed by atoms with van der Waals surface area (Å²) in [6, 6.07) is 0. The van der Waals surface area contributed by atoms with E-state index >= 15 is 0 Å². The van der Waals surface area contributed by atoms with Crippen molar-refractivity contribution < 1.29 is 5.11 Å². The minimum absolute atomic E-state index is 0.359. The highest BCUT2D eigenvalue weighted by atomic mass is 16.3. The van der Waals surface area contributed by atoms with E-state index in [4.69, 9.17) is 0 Å². The molecule has 0 amide bonds. The maximum Gasteiger partial charge on any atom is 0.0747 e. The second-order valence-electron chi connectivity index (χ2n) is 6.04. The first-order valence-electron chi connectivity index (χ1n) is 7.62. The molecule has 0 bridgehead atoms. The van der Waals surface area contributed by atoms with Crippen molar-refractivity contribution in [3.63, 3.8) is 0 Å². The Balaban J connectivity index is 3.92. The molecule has 0 aliphatic heterocycles. The van der Waals surface area contributed by atoms with Gasteiger partial charge in [0.2, 0.25) is 0 Å². The van der Waals surface area contributed by atoms with Gasteiger partial charge in [0.15, 0.2) is 0 Å². The van der Waals surface area contributed by atoms with Gasteiger partial charge in [0.05, 0.1) is 6.10 Å². The van der Waals surface area contributed by atoms with Gasteiger partial charge in [0.25, 0.3) is 0 Å². The summed E-state index contributed by atoms with van der Waals surface area (Å²) in [6.45, 7) is 16.0. The topological polar surface area (TPSA) is 20.2 Å². The molecule has 0 heterocycles. The largest absolute Gasteiger partial charge is 0.389 e. The molecule has 0 aromatic heterocycles. The van der Waals surface area contributed by atoms with Crippen LogP contribution in [0.1, 0.15) is 66.2 Å². The molecule has 20 heavy (non-hydrogen) atoms. The Hall–Kier alpha value is -1.08. The predicted molar refractivity (Wildman–Crippen MR) is 90.9 cm³/mol. The highest BCUT2D eigenvalue weighted by Crippen LogP contribution is 2.14. The first-order chi connectivity index (χ1) is 9.32. The third kappa shape index (κ3) is 10.8. The Labute approximate surface area is 125 Å². The molecule has 0 radical (unpaired) electrons. The van der Waals surface area contributed by atoms with Crippen molar-refractivity contribution in [1.29, 1.82) is 0 Å². The van der Waals surface area contributed by atoms with Crippen molar-refractivity contribution >= 4 is 0 Å². The van der Waals surface area contributed by atoms with Gasteiger partial charge < -0.3 is 5.11 Å². The fraction of sp³-hybridized carbons (Fsp3) is 0.579. The molecular formula is C19H32O. The third-order valence-corrected chi connectivity index (χ3v) is 3.48. The van der Waals surface area contributed by atoms with Crippen LogP contribution in [-0.4, -0.2) is 11.2 Å². The van der Waals surface area contributed by atoms with Crippen molar-refractivity contribution in [2.24, 2.45) is 0 Å². The van der Waals surface area contributed by atoms with Crippen molar-refractivity contribution in [1.82, 2.24) is 0 Å². The standard InChI is InChI=1S/C19H32O/c1-15(2)9-7-10-17(5)11-8-12-18(6)13-14-19(20)16(3)4/h10,12,19-20H,1,3,7-9,11,13-14H2,2,4-6H3/b17-10+,18-12+. The first-order valence-corrected chi connectivity index (χ1v) is 7.62. The van der Waals surface area contributed by atoms with Gasteiger partial charge in [-0.2, -0.15) is 0 Å². The van der Waals surface area contributed by atoms with E-state index < -0.39 is 0 Å². The van der Waals surface area contributed by atoms with Gasteiger partial charge in [-0.25, -0.2) is 0 Å². The van der Waals surface area contributed by atoms with Gasteiger partial charge in [0.1, 0.15) is 0 Å². The Morgan fingerprint density at radius 3 is 1.90 bits per heavy atom. The van der Waals surface area contributed by atoms with E-state index in [-0.39, 0.29) is 6.10 Å². The van der Waals surface area contributed by atoms with Crippen LogP contribution in [0.3, 0.4) is 0 Å². The Kier molecular flexibility index (Phi) is 10.1. The van der Waals surface area contributed by atoms with Crippen molar-refractivity contribution in [3.8, 4) is 0 Å². The number of hydrogen-bond acceptors (Lipinski definition) is 1. The quantitative estimate of drug-likeness (QED) is 0.505. The van der Waals surface area contributed by atoms with Gasteiger partial charge in [0, 0.05) is 0 Å². The summed E-state index contributed by atoms with van der Waals surface area (Å²) in [5, 5.41) is 9.69. The zero-order valence-corrected chi connectivity index (χ0v) is 13.8. The fourth-order valence-corrected chi connectivity index (χ4v) is 1.93. The maximum absolute atomic E-state index is 9.69. The Morgan fingerprint density at radius 1 is 0.900 bits per heavy atom. The molecule has 1 nitrogen and oxygen atoms in total. The molecule has 1 heteroatoms. The normalized spacial score (nSPS) is 14.2. The average Bonchev–Trinajstić information content (AvgIpc) is 2.35. The average molecular weight is 276 g/mol. The predicted octanol–water partition coefficient (Wildman–Crippen LogP) is 5.73. The van der Waals surface area contributed by atoms with Crippen LogP contribution in [-0.2, 0) is 0 Å². The molecule has 0 fully saturated rings. The summed E-state index contributed by atoms with van der Waals surface area (Å²) in [7, 11) is 0. The molecule has 0 aromatic carbocycles. The highest BCUT2D eigenvalue weighted by Gasteiger charge is 2.03. The molecule has 0 aliphatic carbocycles. The van der Waals surface area contributed by atoms with Crippen LogP contribution in [0.15, 0.2) is 47.6 Å². The highest BCUT2D eigenvalue weighted by molar-refractivity contribution is 5.06. The molecule has 1 N–H and O–H groups in total. The first kappa shape index (κ1) is 18.9. The molecule has 1 unspecified atom stereocenters. The molecule has 114 valence electrons. The van der Waals surface area contributed by atoms with Crippen LogP contribution >= 0.6 is 0 Å². The molecule has 0 spiro atoms. The molecule has 1 atom stereocenters. The van der Waals surface area contributed by atoms with Crippen LogP contribution < -0.4 is 0 Å². The summed E-state index contributed by atoms with van der Waals surface area (Å²) in [6.07, 6.45) is 10.4. The Morgan fingerprint density at radius 2 is 1.40 bits per heavy atom. The molecule has 0 aliphatic rings. The molecule has 0 saturated carbocycles. The summed E-state index contributed by atoms with van der Waals surface area (Å²) in [5.41, 5.74) is 4.92. The van der Waals surface area contributed by atoms with E-state index in [9.17, 15) is 5.11 Å². The van der Waals surface area contributed by atoms with Crippen LogP contribution in [0, 0.1) is 0 Å². The van der Waals surface area contributed by atoms with Crippen molar-refractivity contribution in [2.45, 2.75) is 72.3 Å².